The smallest absolute Gasteiger partial charge is 0.179 e. The molecule has 0 aliphatic carbocycles. The van der Waals surface area contributed by atoms with E-state index in [0.717, 1.165) is 16.4 Å². The number of hydrogen-bond acceptors (Lipinski definition) is 4. The zero-order valence-electron chi connectivity index (χ0n) is 12.3. The third-order valence-corrected chi connectivity index (χ3v) is 6.21. The molecule has 0 amide bonds. The molecule has 2 aromatic carbocycles. The van der Waals surface area contributed by atoms with Gasteiger partial charge in [0.05, 0.1) is 22.5 Å². The molecule has 118 valence electrons. The highest BCUT2D eigenvalue weighted by Crippen LogP contribution is 2.22. The molecule has 1 N–H and O–H groups in total. The van der Waals surface area contributed by atoms with Gasteiger partial charge in [-0.25, -0.2) is 13.4 Å². The number of thioether (sulfide) groups is 1. The van der Waals surface area contributed by atoms with Gasteiger partial charge in [0.2, 0.25) is 0 Å². The largest absolute Gasteiger partial charge is 0.333 e. The van der Waals surface area contributed by atoms with Crippen molar-refractivity contribution in [3.63, 3.8) is 0 Å². The van der Waals surface area contributed by atoms with E-state index in [-0.39, 0.29) is 5.75 Å². The molecule has 0 atom stereocenters. The molecule has 3 aromatic rings. The van der Waals surface area contributed by atoms with Crippen LogP contribution in [0.2, 0.25) is 0 Å². The number of sulfone groups is 1. The molecular weight excluding hydrogens is 328 g/mol. The van der Waals surface area contributed by atoms with Crippen LogP contribution in [0.15, 0.2) is 76.9 Å². The van der Waals surface area contributed by atoms with Gasteiger partial charge >= 0.3 is 0 Å². The standard InChI is InChI=1S/C17H16N2O2S2/c20-23(21,15-9-5-2-6-10-15)12-11-22-17-18-13-16(19-17)14-7-3-1-4-8-14/h1-10,13H,11-12H2,(H,18,19). The highest BCUT2D eigenvalue weighted by Gasteiger charge is 2.14. The lowest BCUT2D eigenvalue weighted by Crippen LogP contribution is -2.08. The molecule has 0 aliphatic rings. The van der Waals surface area contributed by atoms with Crippen LogP contribution in [0.25, 0.3) is 11.3 Å². The summed E-state index contributed by atoms with van der Waals surface area (Å²) in [4.78, 5) is 7.88. The molecule has 0 radical (unpaired) electrons. The van der Waals surface area contributed by atoms with Gasteiger partial charge in [0.25, 0.3) is 0 Å². The minimum atomic E-state index is -3.24. The van der Waals surface area contributed by atoms with Crippen LogP contribution in [0.3, 0.4) is 0 Å². The summed E-state index contributed by atoms with van der Waals surface area (Å²) in [7, 11) is -3.24. The van der Waals surface area contributed by atoms with Crippen LogP contribution in [0.4, 0.5) is 0 Å². The summed E-state index contributed by atoms with van der Waals surface area (Å²) in [6, 6.07) is 18.4. The van der Waals surface area contributed by atoms with E-state index in [2.05, 4.69) is 9.97 Å². The minimum absolute atomic E-state index is 0.0864. The van der Waals surface area contributed by atoms with Gasteiger partial charge in [0.15, 0.2) is 15.0 Å². The molecule has 1 aromatic heterocycles. The molecule has 23 heavy (non-hydrogen) atoms. The Morgan fingerprint density at radius 1 is 0.957 bits per heavy atom. The first-order valence-corrected chi connectivity index (χ1v) is 9.80. The highest BCUT2D eigenvalue weighted by atomic mass is 32.2. The van der Waals surface area contributed by atoms with Crippen LogP contribution in [-0.4, -0.2) is 29.9 Å². The molecule has 4 nitrogen and oxygen atoms in total. The quantitative estimate of drug-likeness (QED) is 0.694. The van der Waals surface area contributed by atoms with Crippen molar-refractivity contribution in [3.8, 4) is 11.3 Å². The minimum Gasteiger partial charge on any atom is -0.333 e. The number of nitrogens with one attached hydrogen (secondary N) is 1. The maximum atomic E-state index is 12.2. The monoisotopic (exact) mass is 344 g/mol. The number of aromatic nitrogens is 2. The fraction of sp³-hybridized carbons (Fsp3) is 0.118. The second kappa shape index (κ2) is 7.02. The molecule has 0 saturated heterocycles. The first kappa shape index (κ1) is 15.8. The van der Waals surface area contributed by atoms with Crippen molar-refractivity contribution in [2.75, 3.05) is 11.5 Å². The van der Waals surface area contributed by atoms with Crippen molar-refractivity contribution in [1.82, 2.24) is 9.97 Å². The van der Waals surface area contributed by atoms with Crippen molar-refractivity contribution in [2.24, 2.45) is 0 Å². The molecule has 0 bridgehead atoms. The van der Waals surface area contributed by atoms with Gasteiger partial charge in [0, 0.05) is 5.75 Å². The lowest BCUT2D eigenvalue weighted by molar-refractivity contribution is 0.597. The summed E-state index contributed by atoms with van der Waals surface area (Å²) < 4.78 is 24.4. The van der Waals surface area contributed by atoms with E-state index < -0.39 is 9.84 Å². The predicted octanol–water partition coefficient (Wildman–Crippen LogP) is 3.64. The molecule has 0 fully saturated rings. The van der Waals surface area contributed by atoms with Crippen LogP contribution >= 0.6 is 11.8 Å². The van der Waals surface area contributed by atoms with Crippen molar-refractivity contribution in [1.29, 1.82) is 0 Å². The van der Waals surface area contributed by atoms with E-state index in [1.54, 1.807) is 30.5 Å². The Bertz CT molecular complexity index is 860. The van der Waals surface area contributed by atoms with E-state index >= 15 is 0 Å². The predicted molar refractivity (Wildman–Crippen MR) is 93.2 cm³/mol. The number of hydrogen-bond donors (Lipinski definition) is 1. The van der Waals surface area contributed by atoms with Gasteiger partial charge in [-0.05, 0) is 17.7 Å². The summed E-state index contributed by atoms with van der Waals surface area (Å²) in [5.41, 5.74) is 1.99. The molecule has 6 heteroatoms. The normalized spacial score (nSPS) is 11.5. The molecule has 0 spiro atoms. The van der Waals surface area contributed by atoms with E-state index in [1.165, 1.54) is 11.8 Å². The lowest BCUT2D eigenvalue weighted by atomic mass is 10.2. The van der Waals surface area contributed by atoms with Gasteiger partial charge in [-0.3, -0.25) is 0 Å². The van der Waals surface area contributed by atoms with Crippen molar-refractivity contribution < 1.29 is 8.42 Å². The molecule has 0 aliphatic heterocycles. The SMILES string of the molecule is O=S(=O)(CCSc1ncc(-c2ccccc2)[nH]1)c1ccccc1. The van der Waals surface area contributed by atoms with Crippen LogP contribution in [-0.2, 0) is 9.84 Å². The Hall–Kier alpha value is -2.05. The summed E-state index contributed by atoms with van der Waals surface area (Å²) in [6.45, 7) is 0. The van der Waals surface area contributed by atoms with Gasteiger partial charge in [-0.15, -0.1) is 0 Å². The maximum Gasteiger partial charge on any atom is 0.179 e. The summed E-state index contributed by atoms with van der Waals surface area (Å²) in [5, 5.41) is 0.729. The zero-order chi connectivity index (χ0) is 16.1. The molecule has 0 saturated carbocycles. The first-order chi connectivity index (χ1) is 11.1. The Balaban J connectivity index is 1.61. The Kier molecular flexibility index (Phi) is 4.83. The Labute approximate surface area is 139 Å². The average molecular weight is 344 g/mol. The number of H-pyrrole nitrogens is 1. The number of nitrogens with zero attached hydrogens (tertiary/aromatic N) is 1. The average Bonchev–Trinajstić information content (AvgIpc) is 3.05. The van der Waals surface area contributed by atoms with Crippen molar-refractivity contribution in [2.45, 2.75) is 10.1 Å². The van der Waals surface area contributed by atoms with Crippen LogP contribution in [0.5, 0.6) is 0 Å². The Morgan fingerprint density at radius 3 is 2.30 bits per heavy atom. The van der Waals surface area contributed by atoms with Crippen LogP contribution in [0, 0.1) is 0 Å². The topological polar surface area (TPSA) is 62.8 Å². The summed E-state index contributed by atoms with van der Waals surface area (Å²) in [5.74, 6) is 0.544. The summed E-state index contributed by atoms with van der Waals surface area (Å²) in [6.07, 6.45) is 1.77. The second-order valence-corrected chi connectivity index (χ2v) is 8.14. The maximum absolute atomic E-state index is 12.2. The van der Waals surface area contributed by atoms with Crippen molar-refractivity contribution >= 4 is 21.6 Å². The highest BCUT2D eigenvalue weighted by molar-refractivity contribution is 8.00. The third-order valence-electron chi connectivity index (χ3n) is 3.33. The number of rotatable bonds is 6. The molecule has 3 rings (SSSR count). The van der Waals surface area contributed by atoms with Gasteiger partial charge < -0.3 is 4.98 Å². The van der Waals surface area contributed by atoms with Gasteiger partial charge in [-0.1, -0.05) is 60.3 Å². The lowest BCUT2D eigenvalue weighted by Gasteiger charge is -2.03. The number of aromatic amines is 1. The van der Waals surface area contributed by atoms with E-state index in [0.29, 0.717) is 10.6 Å². The molecular formula is C17H16N2O2S2. The summed E-state index contributed by atoms with van der Waals surface area (Å²) >= 11 is 1.41. The number of benzene rings is 2. The fourth-order valence-electron chi connectivity index (χ4n) is 2.13. The molecule has 0 unspecified atom stereocenters. The third kappa shape index (κ3) is 4.03. The van der Waals surface area contributed by atoms with Gasteiger partial charge in [0.1, 0.15) is 0 Å². The van der Waals surface area contributed by atoms with E-state index in [9.17, 15) is 8.42 Å². The van der Waals surface area contributed by atoms with Crippen molar-refractivity contribution in [3.05, 3.63) is 66.9 Å². The first-order valence-electron chi connectivity index (χ1n) is 7.16. The number of imidazole rings is 1. The zero-order valence-corrected chi connectivity index (χ0v) is 14.0. The van der Waals surface area contributed by atoms with E-state index in [4.69, 9.17) is 0 Å². The van der Waals surface area contributed by atoms with E-state index in [1.807, 2.05) is 36.4 Å². The van der Waals surface area contributed by atoms with Crippen LogP contribution in [0.1, 0.15) is 0 Å². The fourth-order valence-corrected chi connectivity index (χ4v) is 4.66. The Morgan fingerprint density at radius 2 is 1.61 bits per heavy atom. The molecule has 1 heterocycles. The second-order valence-electron chi connectivity index (χ2n) is 4.95. The van der Waals surface area contributed by atoms with Gasteiger partial charge in [-0.2, -0.15) is 0 Å². The van der Waals surface area contributed by atoms with Crippen LogP contribution < -0.4 is 0 Å².